The summed E-state index contributed by atoms with van der Waals surface area (Å²) in [4.78, 5) is 2.45. The molecule has 2 aliphatic heterocycles. The second-order valence-electron chi connectivity index (χ2n) is 8.57. The van der Waals surface area contributed by atoms with Crippen molar-refractivity contribution >= 4 is 11.6 Å². The second-order valence-corrected chi connectivity index (χ2v) is 9.01. The van der Waals surface area contributed by atoms with Gasteiger partial charge in [-0.05, 0) is 60.7 Å². The van der Waals surface area contributed by atoms with E-state index in [0.717, 1.165) is 49.9 Å². The average molecular weight is 415 g/mol. The molecule has 156 valence electrons. The van der Waals surface area contributed by atoms with Crippen LogP contribution in [0.1, 0.15) is 43.0 Å². The molecule has 29 heavy (non-hydrogen) atoms. The molecule has 2 aliphatic rings. The van der Waals surface area contributed by atoms with Gasteiger partial charge in [0.05, 0.1) is 13.2 Å². The first-order valence-electron chi connectivity index (χ1n) is 10.6. The summed E-state index contributed by atoms with van der Waals surface area (Å²) in [5.74, 6) is 1.45. The molecule has 0 spiro atoms. The van der Waals surface area contributed by atoms with E-state index in [2.05, 4.69) is 54.4 Å². The van der Waals surface area contributed by atoms with Crippen molar-refractivity contribution in [2.45, 2.75) is 44.8 Å². The maximum atomic E-state index is 10.2. The highest BCUT2D eigenvalue weighted by Crippen LogP contribution is 2.46. The lowest BCUT2D eigenvalue weighted by atomic mass is 9.90. The monoisotopic (exact) mass is 414 g/mol. The lowest BCUT2D eigenvalue weighted by Crippen LogP contribution is -2.45. The number of ether oxygens (including phenoxy) is 1. The number of hydrogen-bond donors (Lipinski definition) is 2. The third kappa shape index (κ3) is 4.17. The highest BCUT2D eigenvalue weighted by molar-refractivity contribution is 6.30. The minimum Gasteiger partial charge on any atom is -0.493 e. The number of benzene rings is 2. The molecule has 4 nitrogen and oxygen atoms in total. The number of likely N-dealkylation sites (N-methyl/N-ethyl adjacent to an activating group) is 1. The minimum absolute atomic E-state index is 0.173. The quantitative estimate of drug-likeness (QED) is 0.712. The van der Waals surface area contributed by atoms with E-state index in [1.54, 1.807) is 0 Å². The predicted octanol–water partition coefficient (Wildman–Crippen LogP) is 4.20. The molecule has 0 bridgehead atoms. The van der Waals surface area contributed by atoms with Crippen LogP contribution in [0.15, 0.2) is 42.5 Å². The first kappa shape index (κ1) is 20.7. The number of likely N-dealkylation sites (tertiary alicyclic amines) is 1. The van der Waals surface area contributed by atoms with Gasteiger partial charge < -0.3 is 15.2 Å². The predicted molar refractivity (Wildman–Crippen MR) is 118 cm³/mol. The lowest BCUT2D eigenvalue weighted by molar-refractivity contribution is 0.0579. The van der Waals surface area contributed by atoms with Gasteiger partial charge in [0.25, 0.3) is 0 Å². The molecule has 0 amide bonds. The van der Waals surface area contributed by atoms with E-state index in [1.165, 1.54) is 16.7 Å². The smallest absolute Gasteiger partial charge is 0.122 e. The summed E-state index contributed by atoms with van der Waals surface area (Å²) in [6, 6.07) is 15.0. The molecule has 0 unspecified atom stereocenters. The number of halogens is 1. The Morgan fingerprint density at radius 2 is 2.03 bits per heavy atom. The van der Waals surface area contributed by atoms with E-state index < -0.39 is 0 Å². The SMILES string of the molecule is CCN1[C@@H](c2ccc(Cl)cc2)[C@@H](CNCc2ccc3c(c2)CCO3)C[C@@]1(C)CO. The Labute approximate surface area is 178 Å². The van der Waals surface area contributed by atoms with Crippen LogP contribution >= 0.6 is 11.6 Å². The van der Waals surface area contributed by atoms with Gasteiger partial charge in [-0.15, -0.1) is 0 Å². The molecule has 1 saturated heterocycles. The third-order valence-electron chi connectivity index (χ3n) is 6.56. The molecule has 2 N–H and O–H groups in total. The van der Waals surface area contributed by atoms with Crippen molar-refractivity contribution in [1.29, 1.82) is 0 Å². The number of nitrogens with one attached hydrogen (secondary N) is 1. The molecule has 2 heterocycles. The summed E-state index contributed by atoms with van der Waals surface area (Å²) in [5, 5.41) is 14.6. The van der Waals surface area contributed by atoms with Crippen molar-refractivity contribution in [3.63, 3.8) is 0 Å². The van der Waals surface area contributed by atoms with Crippen molar-refractivity contribution in [2.75, 3.05) is 26.3 Å². The maximum absolute atomic E-state index is 10.2. The molecule has 0 aliphatic carbocycles. The van der Waals surface area contributed by atoms with Crippen molar-refractivity contribution in [3.05, 3.63) is 64.2 Å². The molecular weight excluding hydrogens is 384 g/mol. The Balaban J connectivity index is 1.48. The van der Waals surface area contributed by atoms with E-state index >= 15 is 0 Å². The van der Waals surface area contributed by atoms with Crippen LogP contribution in [0.4, 0.5) is 0 Å². The molecule has 5 heteroatoms. The van der Waals surface area contributed by atoms with E-state index in [4.69, 9.17) is 16.3 Å². The standard InChI is InChI=1S/C24H31ClN2O2/c1-3-27-23(18-5-7-21(25)8-6-18)20(13-24(27,2)16-28)15-26-14-17-4-9-22-19(12-17)10-11-29-22/h4-9,12,20,23,26,28H,3,10-11,13-16H2,1-2H3/t20-,23+,24+/m1/s1. The number of hydrogen-bond acceptors (Lipinski definition) is 4. The first-order chi connectivity index (χ1) is 14.0. The highest BCUT2D eigenvalue weighted by Gasteiger charge is 2.47. The fourth-order valence-corrected chi connectivity index (χ4v) is 5.29. The van der Waals surface area contributed by atoms with Crippen LogP contribution in [0.25, 0.3) is 0 Å². The van der Waals surface area contributed by atoms with Crippen LogP contribution < -0.4 is 10.1 Å². The number of aliphatic hydroxyl groups is 1. The van der Waals surface area contributed by atoms with Crippen molar-refractivity contribution < 1.29 is 9.84 Å². The van der Waals surface area contributed by atoms with Gasteiger partial charge >= 0.3 is 0 Å². The highest BCUT2D eigenvalue weighted by atomic mass is 35.5. The molecule has 2 aromatic carbocycles. The molecule has 0 radical (unpaired) electrons. The normalized spacial score (nSPS) is 26.5. The molecule has 3 atom stereocenters. The zero-order valence-electron chi connectivity index (χ0n) is 17.3. The van der Waals surface area contributed by atoms with Gasteiger partial charge in [0.2, 0.25) is 0 Å². The second kappa shape index (κ2) is 8.65. The molecule has 0 aromatic heterocycles. The Bertz CT molecular complexity index is 841. The van der Waals surface area contributed by atoms with E-state index in [9.17, 15) is 5.11 Å². The van der Waals surface area contributed by atoms with Crippen LogP contribution in [0.5, 0.6) is 5.75 Å². The van der Waals surface area contributed by atoms with Gasteiger partial charge in [-0.25, -0.2) is 0 Å². The number of aliphatic hydroxyl groups excluding tert-OH is 1. The third-order valence-corrected chi connectivity index (χ3v) is 6.81. The van der Waals surface area contributed by atoms with Gasteiger partial charge in [-0.1, -0.05) is 42.8 Å². The average Bonchev–Trinajstić information content (AvgIpc) is 3.30. The summed E-state index contributed by atoms with van der Waals surface area (Å²) in [6.45, 7) is 7.99. The van der Waals surface area contributed by atoms with Crippen molar-refractivity contribution in [1.82, 2.24) is 10.2 Å². The van der Waals surface area contributed by atoms with Crippen LogP contribution in [0.3, 0.4) is 0 Å². The largest absolute Gasteiger partial charge is 0.493 e. The Kier molecular flexibility index (Phi) is 6.16. The van der Waals surface area contributed by atoms with Gasteiger partial charge in [0.1, 0.15) is 5.75 Å². The van der Waals surface area contributed by atoms with Gasteiger partial charge in [-0.2, -0.15) is 0 Å². The topological polar surface area (TPSA) is 44.7 Å². The van der Waals surface area contributed by atoms with Gasteiger partial charge in [0, 0.05) is 36.1 Å². The first-order valence-corrected chi connectivity index (χ1v) is 11.0. The molecular formula is C24H31ClN2O2. The van der Waals surface area contributed by atoms with Crippen molar-refractivity contribution in [3.8, 4) is 5.75 Å². The number of rotatable bonds is 7. The van der Waals surface area contributed by atoms with Crippen LogP contribution in [0, 0.1) is 5.92 Å². The lowest BCUT2D eigenvalue weighted by Gasteiger charge is -2.37. The van der Waals surface area contributed by atoms with Gasteiger partial charge in [-0.3, -0.25) is 4.90 Å². The summed E-state index contributed by atoms with van der Waals surface area (Å²) in [7, 11) is 0. The minimum atomic E-state index is -0.198. The number of fused-ring (bicyclic) bond motifs is 1. The fraction of sp³-hybridized carbons (Fsp3) is 0.500. The summed E-state index contributed by atoms with van der Waals surface area (Å²) >= 11 is 6.13. The molecule has 1 fully saturated rings. The summed E-state index contributed by atoms with van der Waals surface area (Å²) < 4.78 is 5.61. The molecule has 0 saturated carbocycles. The van der Waals surface area contributed by atoms with E-state index in [-0.39, 0.29) is 18.2 Å². The van der Waals surface area contributed by atoms with Crippen LogP contribution in [-0.4, -0.2) is 41.8 Å². The van der Waals surface area contributed by atoms with Gasteiger partial charge in [0.15, 0.2) is 0 Å². The Hall–Kier alpha value is -1.59. The maximum Gasteiger partial charge on any atom is 0.122 e. The number of nitrogens with zero attached hydrogens (tertiary/aromatic N) is 1. The fourth-order valence-electron chi connectivity index (χ4n) is 5.17. The van der Waals surface area contributed by atoms with E-state index in [0.29, 0.717) is 5.92 Å². The summed E-state index contributed by atoms with van der Waals surface area (Å²) in [5.41, 5.74) is 3.69. The Morgan fingerprint density at radius 1 is 1.24 bits per heavy atom. The van der Waals surface area contributed by atoms with Crippen molar-refractivity contribution in [2.24, 2.45) is 5.92 Å². The van der Waals surface area contributed by atoms with Crippen LogP contribution in [-0.2, 0) is 13.0 Å². The molecule has 4 rings (SSSR count). The zero-order valence-corrected chi connectivity index (χ0v) is 18.1. The van der Waals surface area contributed by atoms with Crippen LogP contribution in [0.2, 0.25) is 5.02 Å². The van der Waals surface area contributed by atoms with E-state index in [1.807, 2.05) is 12.1 Å². The zero-order chi connectivity index (χ0) is 20.4. The Morgan fingerprint density at radius 3 is 2.76 bits per heavy atom. The molecule has 2 aromatic rings. The summed E-state index contributed by atoms with van der Waals surface area (Å²) in [6.07, 6.45) is 1.97.